The number of carboxylic acids is 1. The van der Waals surface area contributed by atoms with Crippen molar-refractivity contribution in [1.82, 2.24) is 9.97 Å². The summed E-state index contributed by atoms with van der Waals surface area (Å²) in [6, 6.07) is 0. The lowest BCUT2D eigenvalue weighted by molar-refractivity contribution is 0.0690. The minimum absolute atomic E-state index is 0.104. The van der Waals surface area contributed by atoms with E-state index < -0.39 is 11.5 Å². The number of aromatic nitrogens is 2. The Balaban J connectivity index is 2.94. The van der Waals surface area contributed by atoms with Gasteiger partial charge in [-0.3, -0.25) is 0 Å². The summed E-state index contributed by atoms with van der Waals surface area (Å²) >= 11 is 5.64. The Labute approximate surface area is 97.3 Å². The highest BCUT2D eigenvalue weighted by Gasteiger charge is 2.18. The highest BCUT2D eigenvalue weighted by atomic mass is 35.5. The molecule has 0 saturated carbocycles. The van der Waals surface area contributed by atoms with Gasteiger partial charge in [-0.1, -0.05) is 11.6 Å². The minimum atomic E-state index is -1.23. The Hall–Kier alpha value is -1.40. The quantitative estimate of drug-likeness (QED) is 0.733. The lowest BCUT2D eigenvalue weighted by Crippen LogP contribution is -2.35. The Morgan fingerprint density at radius 3 is 2.69 bits per heavy atom. The van der Waals surface area contributed by atoms with Gasteiger partial charge in [0.2, 0.25) is 0 Å². The van der Waals surface area contributed by atoms with E-state index in [2.05, 4.69) is 15.3 Å². The first kappa shape index (κ1) is 12.7. The SMILES string of the molecule is CC(C)(CO)Nc1cnc(C(=O)O)c(Cl)n1. The fourth-order valence-electron chi connectivity index (χ4n) is 0.956. The molecule has 1 rings (SSSR count). The van der Waals surface area contributed by atoms with Crippen molar-refractivity contribution < 1.29 is 15.0 Å². The van der Waals surface area contributed by atoms with Crippen LogP contribution in [0.3, 0.4) is 0 Å². The van der Waals surface area contributed by atoms with Gasteiger partial charge in [0.05, 0.1) is 18.3 Å². The molecule has 0 radical (unpaired) electrons. The van der Waals surface area contributed by atoms with E-state index in [1.54, 1.807) is 13.8 Å². The summed E-state index contributed by atoms with van der Waals surface area (Å²) in [6.07, 6.45) is 1.26. The topological polar surface area (TPSA) is 95.3 Å². The van der Waals surface area contributed by atoms with E-state index in [1.807, 2.05) is 0 Å². The van der Waals surface area contributed by atoms with Gasteiger partial charge < -0.3 is 15.5 Å². The average molecular weight is 246 g/mol. The standard InChI is InChI=1S/C9H12ClN3O3/c1-9(2,4-14)13-5-3-11-6(8(15)16)7(10)12-5/h3,14H,4H2,1-2H3,(H,12,13)(H,15,16). The van der Waals surface area contributed by atoms with E-state index >= 15 is 0 Å². The lowest BCUT2D eigenvalue weighted by Gasteiger charge is -2.23. The van der Waals surface area contributed by atoms with Gasteiger partial charge in [-0.05, 0) is 13.8 Å². The van der Waals surface area contributed by atoms with Crippen LogP contribution < -0.4 is 5.32 Å². The highest BCUT2D eigenvalue weighted by Crippen LogP contribution is 2.16. The molecule has 3 N–H and O–H groups in total. The van der Waals surface area contributed by atoms with Crippen molar-refractivity contribution in [1.29, 1.82) is 0 Å². The third-order valence-corrected chi connectivity index (χ3v) is 2.06. The van der Waals surface area contributed by atoms with Gasteiger partial charge in [0.1, 0.15) is 5.82 Å². The number of rotatable bonds is 4. The predicted octanol–water partition coefficient (Wildman–Crippen LogP) is 1.01. The molecule has 0 aliphatic heterocycles. The molecule has 88 valence electrons. The molecular weight excluding hydrogens is 234 g/mol. The first-order chi connectivity index (χ1) is 7.35. The summed E-state index contributed by atoms with van der Waals surface area (Å²) in [4.78, 5) is 18.1. The number of aromatic carboxylic acids is 1. The zero-order valence-electron chi connectivity index (χ0n) is 8.86. The largest absolute Gasteiger partial charge is 0.476 e. The second-order valence-corrected chi connectivity index (χ2v) is 4.22. The number of anilines is 1. The highest BCUT2D eigenvalue weighted by molar-refractivity contribution is 6.32. The van der Waals surface area contributed by atoms with E-state index in [0.29, 0.717) is 5.82 Å². The second kappa shape index (κ2) is 4.63. The number of hydrogen-bond acceptors (Lipinski definition) is 5. The van der Waals surface area contributed by atoms with Crippen LogP contribution in [0.15, 0.2) is 6.20 Å². The summed E-state index contributed by atoms with van der Waals surface area (Å²) in [5, 5.41) is 20.4. The fraction of sp³-hybridized carbons (Fsp3) is 0.444. The second-order valence-electron chi connectivity index (χ2n) is 3.87. The molecule has 1 aromatic heterocycles. The number of nitrogens with zero attached hydrogens (tertiary/aromatic N) is 2. The Kier molecular flexibility index (Phi) is 3.66. The molecule has 0 saturated heterocycles. The lowest BCUT2D eigenvalue weighted by atomic mass is 10.1. The van der Waals surface area contributed by atoms with Crippen molar-refractivity contribution in [2.75, 3.05) is 11.9 Å². The molecule has 0 unspecified atom stereocenters. The van der Waals surface area contributed by atoms with Crippen LogP contribution in [0.2, 0.25) is 5.15 Å². The molecule has 0 atom stereocenters. The van der Waals surface area contributed by atoms with Crippen LogP contribution in [0.5, 0.6) is 0 Å². The van der Waals surface area contributed by atoms with E-state index in [9.17, 15) is 4.79 Å². The first-order valence-corrected chi connectivity index (χ1v) is 4.88. The first-order valence-electron chi connectivity index (χ1n) is 4.50. The molecule has 16 heavy (non-hydrogen) atoms. The van der Waals surface area contributed by atoms with Crippen LogP contribution in [-0.2, 0) is 0 Å². The summed E-state index contributed by atoms with van der Waals surface area (Å²) in [7, 11) is 0. The van der Waals surface area contributed by atoms with E-state index in [-0.39, 0.29) is 17.5 Å². The zero-order valence-corrected chi connectivity index (χ0v) is 9.62. The van der Waals surface area contributed by atoms with Crippen LogP contribution in [-0.4, -0.2) is 38.3 Å². The predicted molar refractivity (Wildman–Crippen MR) is 58.8 cm³/mol. The summed E-state index contributed by atoms with van der Waals surface area (Å²) < 4.78 is 0. The third-order valence-electron chi connectivity index (χ3n) is 1.79. The Morgan fingerprint density at radius 2 is 2.25 bits per heavy atom. The molecule has 6 nitrogen and oxygen atoms in total. The molecule has 1 heterocycles. The van der Waals surface area contributed by atoms with Crippen molar-refractivity contribution in [3.05, 3.63) is 17.0 Å². The van der Waals surface area contributed by atoms with Crippen LogP contribution in [0.25, 0.3) is 0 Å². The van der Waals surface area contributed by atoms with Gasteiger partial charge in [-0.25, -0.2) is 14.8 Å². The van der Waals surface area contributed by atoms with Gasteiger partial charge >= 0.3 is 5.97 Å². The molecule has 1 aromatic rings. The van der Waals surface area contributed by atoms with Gasteiger partial charge in [0, 0.05) is 0 Å². The van der Waals surface area contributed by atoms with Crippen molar-refractivity contribution >= 4 is 23.4 Å². The molecular formula is C9H12ClN3O3. The Morgan fingerprint density at radius 1 is 1.62 bits per heavy atom. The molecule has 7 heteroatoms. The molecule has 0 aliphatic carbocycles. The number of carboxylic acid groups (broad SMARTS) is 1. The van der Waals surface area contributed by atoms with Crippen molar-refractivity contribution in [3.63, 3.8) is 0 Å². The number of nitrogens with one attached hydrogen (secondary N) is 1. The normalized spacial score (nSPS) is 11.2. The van der Waals surface area contributed by atoms with Gasteiger partial charge in [-0.15, -0.1) is 0 Å². The van der Waals surface area contributed by atoms with E-state index in [4.69, 9.17) is 21.8 Å². The number of carbonyl (C=O) groups is 1. The monoisotopic (exact) mass is 245 g/mol. The summed E-state index contributed by atoms with van der Waals surface area (Å²) in [5.41, 5.74) is -0.878. The summed E-state index contributed by atoms with van der Waals surface area (Å²) in [6.45, 7) is 3.41. The molecule has 0 aromatic carbocycles. The van der Waals surface area contributed by atoms with Crippen molar-refractivity contribution in [2.45, 2.75) is 19.4 Å². The molecule has 0 bridgehead atoms. The Bertz CT molecular complexity index is 409. The number of hydrogen-bond donors (Lipinski definition) is 3. The third kappa shape index (κ3) is 3.04. The van der Waals surface area contributed by atoms with Crippen LogP contribution in [0, 0.1) is 0 Å². The average Bonchev–Trinajstić information content (AvgIpc) is 2.16. The maximum Gasteiger partial charge on any atom is 0.357 e. The van der Waals surface area contributed by atoms with Gasteiger partial charge in [0.25, 0.3) is 0 Å². The molecule has 0 aliphatic rings. The minimum Gasteiger partial charge on any atom is -0.476 e. The van der Waals surface area contributed by atoms with Crippen LogP contribution >= 0.6 is 11.6 Å². The van der Waals surface area contributed by atoms with Crippen LogP contribution in [0.1, 0.15) is 24.3 Å². The molecule has 0 spiro atoms. The molecule has 0 fully saturated rings. The van der Waals surface area contributed by atoms with Crippen LogP contribution in [0.4, 0.5) is 5.82 Å². The number of aliphatic hydroxyl groups excluding tert-OH is 1. The van der Waals surface area contributed by atoms with Gasteiger partial charge in [-0.2, -0.15) is 0 Å². The maximum absolute atomic E-state index is 10.6. The van der Waals surface area contributed by atoms with Gasteiger partial charge in [0.15, 0.2) is 10.8 Å². The zero-order chi connectivity index (χ0) is 12.3. The summed E-state index contributed by atoms with van der Waals surface area (Å²) in [5.74, 6) is -0.917. The molecule has 0 amide bonds. The van der Waals surface area contributed by atoms with E-state index in [0.717, 1.165) is 0 Å². The fourth-order valence-corrected chi connectivity index (χ4v) is 1.18. The van der Waals surface area contributed by atoms with Crippen molar-refractivity contribution in [3.8, 4) is 0 Å². The van der Waals surface area contributed by atoms with E-state index in [1.165, 1.54) is 6.20 Å². The number of aliphatic hydroxyl groups is 1. The number of halogens is 1. The smallest absolute Gasteiger partial charge is 0.357 e. The van der Waals surface area contributed by atoms with Crippen molar-refractivity contribution in [2.24, 2.45) is 0 Å². The maximum atomic E-state index is 10.6.